The molecule has 0 unspecified atom stereocenters. The largest absolute Gasteiger partial charge is 0.507 e. The van der Waals surface area contributed by atoms with E-state index >= 15 is 0 Å². The first-order valence-corrected chi connectivity index (χ1v) is 17.7. The lowest BCUT2D eigenvalue weighted by atomic mass is 10.0. The minimum absolute atomic E-state index is 0.0227. The molecule has 0 fully saturated rings. The number of amides is 2. The third-order valence-electron chi connectivity index (χ3n) is 8.56. The maximum Gasteiger partial charge on any atom is 0.408 e. The molecule has 4 N–H and O–H groups in total. The molecule has 0 spiro atoms. The fourth-order valence-electron chi connectivity index (χ4n) is 5.56. The van der Waals surface area contributed by atoms with Crippen molar-refractivity contribution in [2.24, 2.45) is 9.98 Å². The highest BCUT2D eigenvalue weighted by atomic mass is 16.6. The highest BCUT2D eigenvalue weighted by Gasteiger charge is 2.25. The number of esters is 2. The van der Waals surface area contributed by atoms with Crippen LogP contribution in [0.3, 0.4) is 0 Å². The summed E-state index contributed by atoms with van der Waals surface area (Å²) in [6.45, 7) is 4.00. The number of phenolic OH excluding ortho intramolecular Hbond substituents is 2. The molecule has 294 valence electrons. The number of aliphatic imine (C=N–C) groups is 2. The molecular formula is C42H46N4O10. The van der Waals surface area contributed by atoms with Gasteiger partial charge in [0.25, 0.3) is 0 Å². The lowest BCUT2D eigenvalue weighted by Crippen LogP contribution is -2.43. The number of hydrogen-bond acceptors (Lipinski definition) is 12. The van der Waals surface area contributed by atoms with Crippen LogP contribution in [0.1, 0.15) is 47.2 Å². The fourth-order valence-corrected chi connectivity index (χ4v) is 5.56. The van der Waals surface area contributed by atoms with Crippen LogP contribution in [0.4, 0.5) is 9.59 Å². The van der Waals surface area contributed by atoms with Gasteiger partial charge in [-0.3, -0.25) is 9.98 Å². The van der Waals surface area contributed by atoms with E-state index in [4.69, 9.17) is 18.9 Å². The summed E-state index contributed by atoms with van der Waals surface area (Å²) in [7, 11) is 2.45. The van der Waals surface area contributed by atoms with Crippen LogP contribution in [-0.4, -0.2) is 85.2 Å². The number of nitrogens with zero attached hydrogens (tertiary/aromatic N) is 2. The van der Waals surface area contributed by atoms with Crippen LogP contribution >= 0.6 is 0 Å². The maximum atomic E-state index is 12.5. The van der Waals surface area contributed by atoms with Gasteiger partial charge in [-0.05, 0) is 60.4 Å². The van der Waals surface area contributed by atoms with Gasteiger partial charge in [-0.2, -0.15) is 0 Å². The summed E-state index contributed by atoms with van der Waals surface area (Å²) < 4.78 is 20.3. The van der Waals surface area contributed by atoms with Gasteiger partial charge in [0.15, 0.2) is 0 Å². The molecule has 0 aliphatic rings. The van der Waals surface area contributed by atoms with Gasteiger partial charge in [0.1, 0.15) is 36.8 Å². The molecule has 0 saturated carbocycles. The van der Waals surface area contributed by atoms with Crippen molar-refractivity contribution < 1.29 is 48.3 Å². The molecule has 0 aliphatic carbocycles. The Hall–Kier alpha value is -6.70. The molecule has 0 aliphatic heterocycles. The zero-order valence-corrected chi connectivity index (χ0v) is 31.7. The van der Waals surface area contributed by atoms with Gasteiger partial charge in [0.05, 0.1) is 27.3 Å². The Bertz CT molecular complexity index is 1870. The Morgan fingerprint density at radius 2 is 0.946 bits per heavy atom. The fraction of sp³-hybridized carbons (Fsp3) is 0.286. The standard InChI is InChI=1S/C42H46N4O10/c1-27(33-21-31(15-17-37(33)47)23-35(39(49)53-3)45-41(51)55-25-29-11-7-5-8-12-29)43-19-20-44-28(2)34-22-32(16-18-38(34)48)24-36(40(50)54-4)46-42(52)56-26-30-13-9-6-10-14-30/h5-18,21-22,35-36,47-48H,19-20,23-26H2,1-4H3,(H,45,51)(H,46,52)/t35-,36-/m0/s1. The van der Waals surface area contributed by atoms with E-state index < -0.39 is 36.2 Å². The number of nitrogens with one attached hydrogen (secondary N) is 2. The van der Waals surface area contributed by atoms with E-state index in [1.54, 1.807) is 38.1 Å². The van der Waals surface area contributed by atoms with Crippen LogP contribution in [0.5, 0.6) is 11.5 Å². The molecule has 0 saturated heterocycles. The quantitative estimate of drug-likeness (QED) is 0.0466. The topological polar surface area (TPSA) is 194 Å². The van der Waals surface area contributed by atoms with Gasteiger partial charge in [-0.1, -0.05) is 72.8 Å². The number of alkyl carbamates (subject to hydrolysis) is 2. The van der Waals surface area contributed by atoms with Gasteiger partial charge in [0.2, 0.25) is 0 Å². The molecule has 4 aromatic carbocycles. The first kappa shape index (κ1) is 42.0. The number of phenols is 2. The van der Waals surface area contributed by atoms with E-state index in [1.807, 2.05) is 60.7 Å². The van der Waals surface area contributed by atoms with Crippen LogP contribution in [0.15, 0.2) is 107 Å². The van der Waals surface area contributed by atoms with Gasteiger partial charge in [-0.15, -0.1) is 0 Å². The Morgan fingerprint density at radius 3 is 1.30 bits per heavy atom. The number of carbonyl (C=O) groups excluding carboxylic acids is 4. The van der Waals surface area contributed by atoms with Crippen molar-refractivity contribution in [3.63, 3.8) is 0 Å². The smallest absolute Gasteiger partial charge is 0.408 e. The Balaban J connectivity index is 1.36. The Morgan fingerprint density at radius 1 is 0.571 bits per heavy atom. The zero-order chi connectivity index (χ0) is 40.5. The maximum absolute atomic E-state index is 12.5. The van der Waals surface area contributed by atoms with Crippen LogP contribution < -0.4 is 10.6 Å². The molecule has 14 nitrogen and oxygen atoms in total. The van der Waals surface area contributed by atoms with Crippen LogP contribution in [0.25, 0.3) is 0 Å². The van der Waals surface area contributed by atoms with Crippen molar-refractivity contribution in [1.82, 2.24) is 10.6 Å². The molecule has 14 heteroatoms. The molecule has 56 heavy (non-hydrogen) atoms. The van der Waals surface area contributed by atoms with E-state index in [0.717, 1.165) is 11.1 Å². The summed E-state index contributed by atoms with van der Waals surface area (Å²) in [6, 6.07) is 25.7. The predicted octanol–water partition coefficient (Wildman–Crippen LogP) is 5.44. The Kier molecular flexibility index (Phi) is 16.0. The molecule has 2 amide bonds. The normalized spacial score (nSPS) is 12.5. The summed E-state index contributed by atoms with van der Waals surface area (Å²) in [5, 5.41) is 26.4. The second-order valence-electron chi connectivity index (χ2n) is 12.6. The number of methoxy groups -OCH3 is 2. The summed E-state index contributed by atoms with van der Waals surface area (Å²) in [4.78, 5) is 59.2. The third kappa shape index (κ3) is 13.0. The van der Waals surface area contributed by atoms with Crippen molar-refractivity contribution in [3.05, 3.63) is 130 Å². The van der Waals surface area contributed by atoms with Gasteiger partial charge in [-0.25, -0.2) is 19.2 Å². The van der Waals surface area contributed by atoms with E-state index in [-0.39, 0.29) is 50.6 Å². The van der Waals surface area contributed by atoms with Crippen molar-refractivity contribution in [2.75, 3.05) is 27.3 Å². The molecular weight excluding hydrogens is 720 g/mol. The first-order chi connectivity index (χ1) is 27.0. The average Bonchev–Trinajstić information content (AvgIpc) is 3.21. The average molecular weight is 767 g/mol. The number of carbonyl (C=O) groups is 4. The summed E-state index contributed by atoms with van der Waals surface area (Å²) in [6.07, 6.45) is -1.43. The Labute approximate surface area is 325 Å². The minimum atomic E-state index is -1.05. The van der Waals surface area contributed by atoms with Crippen LogP contribution in [0.2, 0.25) is 0 Å². The first-order valence-electron chi connectivity index (χ1n) is 17.7. The van der Waals surface area contributed by atoms with Gasteiger partial charge in [0, 0.05) is 35.4 Å². The molecule has 0 bridgehead atoms. The SMILES string of the molecule is COC(=O)[C@H](Cc1ccc(O)c(C(C)=NCCN=C(C)c2cc(C[C@H](NC(=O)OCc3ccccc3)C(=O)OC)ccc2O)c1)NC(=O)OCc1ccccc1. The highest BCUT2D eigenvalue weighted by Crippen LogP contribution is 2.22. The molecule has 0 radical (unpaired) electrons. The van der Waals surface area contributed by atoms with Crippen molar-refractivity contribution in [3.8, 4) is 11.5 Å². The summed E-state index contributed by atoms with van der Waals surface area (Å²) in [5.41, 5.74) is 4.72. The second-order valence-corrected chi connectivity index (χ2v) is 12.6. The molecule has 0 aromatic heterocycles. The number of aromatic hydroxyl groups is 2. The lowest BCUT2D eigenvalue weighted by Gasteiger charge is -2.17. The number of ether oxygens (including phenoxy) is 4. The highest BCUT2D eigenvalue weighted by molar-refractivity contribution is 6.02. The van der Waals surface area contributed by atoms with E-state index in [9.17, 15) is 29.4 Å². The van der Waals surface area contributed by atoms with Gasteiger partial charge >= 0.3 is 24.1 Å². The van der Waals surface area contributed by atoms with Crippen molar-refractivity contribution >= 4 is 35.5 Å². The van der Waals surface area contributed by atoms with Crippen LogP contribution in [-0.2, 0) is 54.6 Å². The lowest BCUT2D eigenvalue weighted by molar-refractivity contribution is -0.143. The zero-order valence-electron chi connectivity index (χ0n) is 31.7. The monoisotopic (exact) mass is 766 g/mol. The number of benzene rings is 4. The summed E-state index contributed by atoms with van der Waals surface area (Å²) in [5.74, 6) is -1.37. The third-order valence-corrected chi connectivity index (χ3v) is 8.56. The minimum Gasteiger partial charge on any atom is -0.507 e. The van der Waals surface area contributed by atoms with Gasteiger partial charge < -0.3 is 39.8 Å². The number of rotatable bonds is 17. The molecule has 0 heterocycles. The predicted molar refractivity (Wildman–Crippen MR) is 209 cm³/mol. The van der Waals surface area contributed by atoms with Crippen LogP contribution in [0, 0.1) is 0 Å². The molecule has 2 atom stereocenters. The van der Waals surface area contributed by atoms with E-state index in [1.165, 1.54) is 26.4 Å². The van der Waals surface area contributed by atoms with Crippen molar-refractivity contribution in [1.29, 1.82) is 0 Å². The number of hydrogen-bond donors (Lipinski definition) is 4. The second kappa shape index (κ2) is 21.3. The van der Waals surface area contributed by atoms with Crippen molar-refractivity contribution in [2.45, 2.75) is 52.0 Å². The van der Waals surface area contributed by atoms with E-state index in [0.29, 0.717) is 33.7 Å². The molecule has 4 aromatic rings. The summed E-state index contributed by atoms with van der Waals surface area (Å²) >= 11 is 0. The molecule has 4 rings (SSSR count). The van der Waals surface area contributed by atoms with E-state index in [2.05, 4.69) is 20.6 Å².